The van der Waals surface area contributed by atoms with Gasteiger partial charge in [-0.3, -0.25) is 0 Å². The molecule has 2 heteroatoms. The highest BCUT2D eigenvalue weighted by atomic mass is 16.5. The van der Waals surface area contributed by atoms with Crippen molar-refractivity contribution in [3.63, 3.8) is 0 Å². The van der Waals surface area contributed by atoms with Crippen LogP contribution in [0.5, 0.6) is 0 Å². The summed E-state index contributed by atoms with van der Waals surface area (Å²) in [7, 11) is 2.01. The van der Waals surface area contributed by atoms with Crippen LogP contribution in [0.1, 0.15) is 33.6 Å². The van der Waals surface area contributed by atoms with Crippen molar-refractivity contribution in [3.8, 4) is 0 Å². The van der Waals surface area contributed by atoms with Crippen molar-refractivity contribution in [1.82, 2.24) is 5.32 Å². The average molecular weight is 173 g/mol. The third kappa shape index (κ3) is 5.56. The van der Waals surface area contributed by atoms with E-state index >= 15 is 0 Å². The van der Waals surface area contributed by atoms with Crippen LogP contribution in [0.3, 0.4) is 0 Å². The number of hydrogen-bond donors (Lipinski definition) is 1. The zero-order valence-electron chi connectivity index (χ0n) is 8.89. The zero-order chi connectivity index (χ0) is 9.40. The smallest absolute Gasteiger partial charge is 0.0619 e. The minimum Gasteiger partial charge on any atom is -0.380 e. The quantitative estimate of drug-likeness (QED) is 0.636. The van der Waals surface area contributed by atoms with Crippen LogP contribution in [0.4, 0.5) is 0 Å². The van der Waals surface area contributed by atoms with Gasteiger partial charge in [0.25, 0.3) is 0 Å². The predicted octanol–water partition coefficient (Wildman–Crippen LogP) is 2.05. The van der Waals surface area contributed by atoms with Crippen LogP contribution < -0.4 is 5.32 Å². The van der Waals surface area contributed by atoms with Gasteiger partial charge in [0.05, 0.1) is 6.61 Å². The molecular formula is C10H23NO. The van der Waals surface area contributed by atoms with Crippen LogP contribution in [0, 0.1) is 5.92 Å². The van der Waals surface area contributed by atoms with E-state index in [2.05, 4.69) is 19.2 Å². The first-order chi connectivity index (χ1) is 5.74. The Balaban J connectivity index is 3.51. The van der Waals surface area contributed by atoms with E-state index in [0.29, 0.717) is 6.04 Å². The first-order valence-corrected chi connectivity index (χ1v) is 4.99. The number of nitrogens with one attached hydrogen (secondary N) is 1. The van der Waals surface area contributed by atoms with Gasteiger partial charge in [-0.25, -0.2) is 0 Å². The van der Waals surface area contributed by atoms with Crippen molar-refractivity contribution in [2.24, 2.45) is 5.92 Å². The molecule has 0 heterocycles. The minimum atomic E-state index is 0.528. The third-order valence-electron chi connectivity index (χ3n) is 2.32. The Hall–Kier alpha value is -0.0800. The highest BCUT2D eigenvalue weighted by Crippen LogP contribution is 2.09. The highest BCUT2D eigenvalue weighted by Gasteiger charge is 2.09. The molecule has 0 aliphatic heterocycles. The molecule has 0 bridgehead atoms. The molecule has 0 aliphatic rings. The Morgan fingerprint density at radius 3 is 2.42 bits per heavy atom. The van der Waals surface area contributed by atoms with Crippen molar-refractivity contribution >= 4 is 0 Å². The van der Waals surface area contributed by atoms with Gasteiger partial charge < -0.3 is 10.1 Å². The summed E-state index contributed by atoms with van der Waals surface area (Å²) in [4.78, 5) is 0. The van der Waals surface area contributed by atoms with Gasteiger partial charge in [-0.05, 0) is 26.3 Å². The first-order valence-electron chi connectivity index (χ1n) is 4.99. The van der Waals surface area contributed by atoms with E-state index in [1.807, 2.05) is 14.0 Å². The van der Waals surface area contributed by atoms with Crippen LogP contribution >= 0.6 is 0 Å². The molecular weight excluding hydrogens is 150 g/mol. The van der Waals surface area contributed by atoms with E-state index in [1.54, 1.807) is 0 Å². The molecule has 0 fully saturated rings. The van der Waals surface area contributed by atoms with E-state index in [0.717, 1.165) is 19.1 Å². The maximum atomic E-state index is 5.37. The molecule has 0 saturated carbocycles. The van der Waals surface area contributed by atoms with E-state index in [1.165, 1.54) is 12.8 Å². The topological polar surface area (TPSA) is 21.3 Å². The summed E-state index contributed by atoms with van der Waals surface area (Å²) < 4.78 is 5.37. The summed E-state index contributed by atoms with van der Waals surface area (Å²) in [5.74, 6) is 0.794. The van der Waals surface area contributed by atoms with E-state index in [-0.39, 0.29) is 0 Å². The molecule has 0 radical (unpaired) electrons. The second-order valence-corrected chi connectivity index (χ2v) is 3.39. The second-order valence-electron chi connectivity index (χ2n) is 3.39. The van der Waals surface area contributed by atoms with Crippen molar-refractivity contribution in [3.05, 3.63) is 0 Å². The molecule has 2 nitrogen and oxygen atoms in total. The van der Waals surface area contributed by atoms with E-state index in [4.69, 9.17) is 4.74 Å². The lowest BCUT2D eigenvalue weighted by Gasteiger charge is -2.19. The highest BCUT2D eigenvalue weighted by molar-refractivity contribution is 4.66. The van der Waals surface area contributed by atoms with Gasteiger partial charge in [0.1, 0.15) is 0 Å². The maximum Gasteiger partial charge on any atom is 0.0619 e. The lowest BCUT2D eigenvalue weighted by atomic mass is 10.00. The summed E-state index contributed by atoms with van der Waals surface area (Å²) in [6, 6.07) is 0.528. The van der Waals surface area contributed by atoms with Crippen molar-refractivity contribution in [1.29, 1.82) is 0 Å². The van der Waals surface area contributed by atoms with Crippen LogP contribution in [0.25, 0.3) is 0 Å². The number of ether oxygens (including phenoxy) is 1. The predicted molar refractivity (Wildman–Crippen MR) is 53.4 cm³/mol. The van der Waals surface area contributed by atoms with Crippen LogP contribution in [-0.2, 0) is 4.74 Å². The normalized spacial score (nSPS) is 16.0. The number of rotatable bonds is 7. The largest absolute Gasteiger partial charge is 0.380 e. The second kappa shape index (κ2) is 7.56. The average Bonchev–Trinajstić information content (AvgIpc) is 2.11. The Morgan fingerprint density at radius 2 is 2.00 bits per heavy atom. The Kier molecular flexibility index (Phi) is 7.51. The molecule has 1 N–H and O–H groups in total. The van der Waals surface area contributed by atoms with Gasteiger partial charge in [0.15, 0.2) is 0 Å². The number of hydrogen-bond acceptors (Lipinski definition) is 2. The van der Waals surface area contributed by atoms with Gasteiger partial charge in [0.2, 0.25) is 0 Å². The van der Waals surface area contributed by atoms with Gasteiger partial charge in [-0.1, -0.05) is 20.3 Å². The van der Waals surface area contributed by atoms with Crippen molar-refractivity contribution in [2.75, 3.05) is 20.3 Å². The monoisotopic (exact) mass is 173 g/mol. The molecule has 0 aliphatic carbocycles. The van der Waals surface area contributed by atoms with Crippen molar-refractivity contribution < 1.29 is 4.74 Å². The Bertz CT molecular complexity index is 95.8. The van der Waals surface area contributed by atoms with Gasteiger partial charge in [0, 0.05) is 12.6 Å². The van der Waals surface area contributed by atoms with Gasteiger partial charge >= 0.3 is 0 Å². The molecule has 1 unspecified atom stereocenters. The zero-order valence-corrected chi connectivity index (χ0v) is 8.89. The molecule has 2 atom stereocenters. The maximum absolute atomic E-state index is 5.37. The Morgan fingerprint density at radius 1 is 1.33 bits per heavy atom. The summed E-state index contributed by atoms with van der Waals surface area (Å²) in [6.45, 7) is 8.22. The molecule has 0 amide bonds. The summed E-state index contributed by atoms with van der Waals surface area (Å²) in [5.41, 5.74) is 0. The van der Waals surface area contributed by atoms with Crippen molar-refractivity contribution in [2.45, 2.75) is 39.7 Å². The third-order valence-corrected chi connectivity index (χ3v) is 2.32. The summed E-state index contributed by atoms with van der Waals surface area (Å²) >= 11 is 0. The SMILES string of the molecule is CCOCC(C[C@@H](C)CC)NC. The molecule has 0 spiro atoms. The van der Waals surface area contributed by atoms with E-state index in [9.17, 15) is 0 Å². The molecule has 0 aromatic heterocycles. The standard InChI is InChI=1S/C10H23NO/c1-5-9(3)7-10(11-4)8-12-6-2/h9-11H,5-8H2,1-4H3/t9-,10?/m0/s1. The van der Waals surface area contributed by atoms with Gasteiger partial charge in [-0.15, -0.1) is 0 Å². The minimum absolute atomic E-state index is 0.528. The molecule has 0 aromatic carbocycles. The molecule has 0 saturated heterocycles. The van der Waals surface area contributed by atoms with Crippen LogP contribution in [0.2, 0.25) is 0 Å². The fourth-order valence-corrected chi connectivity index (χ4v) is 1.18. The van der Waals surface area contributed by atoms with E-state index < -0.39 is 0 Å². The lowest BCUT2D eigenvalue weighted by molar-refractivity contribution is 0.117. The summed E-state index contributed by atoms with van der Waals surface area (Å²) in [6.07, 6.45) is 2.47. The molecule has 74 valence electrons. The lowest BCUT2D eigenvalue weighted by Crippen LogP contribution is -2.32. The molecule has 12 heavy (non-hydrogen) atoms. The first kappa shape index (κ1) is 11.9. The van der Waals surface area contributed by atoms with Crippen LogP contribution in [-0.4, -0.2) is 26.3 Å². The summed E-state index contributed by atoms with van der Waals surface area (Å²) in [5, 5.41) is 3.28. The molecule has 0 rings (SSSR count). The fraction of sp³-hybridized carbons (Fsp3) is 1.00. The fourth-order valence-electron chi connectivity index (χ4n) is 1.18. The van der Waals surface area contributed by atoms with Crippen LogP contribution in [0.15, 0.2) is 0 Å². The number of likely N-dealkylation sites (N-methyl/N-ethyl adjacent to an activating group) is 1. The van der Waals surface area contributed by atoms with Gasteiger partial charge in [-0.2, -0.15) is 0 Å². The Labute approximate surface area is 76.7 Å². The molecule has 0 aromatic rings.